The number of rotatable bonds is 5. The van der Waals surface area contributed by atoms with E-state index in [4.69, 9.17) is 9.72 Å². The summed E-state index contributed by atoms with van der Waals surface area (Å²) in [6.45, 7) is 3.83. The lowest BCUT2D eigenvalue weighted by atomic mass is 9.97. The van der Waals surface area contributed by atoms with E-state index in [1.54, 1.807) is 25.6 Å². The van der Waals surface area contributed by atoms with Gasteiger partial charge >= 0.3 is 0 Å². The molecule has 0 saturated carbocycles. The minimum atomic E-state index is -0.132. The second kappa shape index (κ2) is 8.57. The van der Waals surface area contributed by atoms with Gasteiger partial charge in [0.15, 0.2) is 0 Å². The number of H-pyrrole nitrogens is 1. The monoisotopic (exact) mass is 390 g/mol. The molecule has 1 aliphatic rings. The van der Waals surface area contributed by atoms with Crippen molar-refractivity contribution in [3.05, 3.63) is 76.0 Å². The first kappa shape index (κ1) is 19.3. The van der Waals surface area contributed by atoms with E-state index < -0.39 is 0 Å². The highest BCUT2D eigenvalue weighted by atomic mass is 16.5. The molecule has 0 radical (unpaired) electrons. The summed E-state index contributed by atoms with van der Waals surface area (Å²) in [6, 6.07) is 11.8. The Bertz CT molecular complexity index is 1030. The van der Waals surface area contributed by atoms with Crippen molar-refractivity contribution in [3.8, 4) is 17.1 Å². The van der Waals surface area contributed by atoms with E-state index in [9.17, 15) is 4.79 Å². The quantitative estimate of drug-likeness (QED) is 0.716. The Balaban J connectivity index is 1.67. The molecule has 150 valence electrons. The highest BCUT2D eigenvalue weighted by molar-refractivity contribution is 5.52. The maximum absolute atomic E-state index is 12.4. The van der Waals surface area contributed by atoms with E-state index in [0.717, 1.165) is 54.9 Å². The molecule has 0 amide bonds. The summed E-state index contributed by atoms with van der Waals surface area (Å²) in [5, 5.41) is 0. The van der Waals surface area contributed by atoms with Gasteiger partial charge in [-0.25, -0.2) is 4.98 Å². The van der Waals surface area contributed by atoms with Crippen LogP contribution in [-0.2, 0) is 6.54 Å². The number of likely N-dealkylation sites (tertiary alicyclic amines) is 1. The fourth-order valence-corrected chi connectivity index (χ4v) is 4.05. The van der Waals surface area contributed by atoms with Gasteiger partial charge in [-0.3, -0.25) is 14.7 Å². The highest BCUT2D eigenvalue weighted by Gasteiger charge is 2.27. The molecule has 3 heterocycles. The molecule has 6 nitrogen and oxygen atoms in total. The number of aromatic nitrogens is 3. The molecule has 3 aromatic rings. The first-order valence-electron chi connectivity index (χ1n) is 10.0. The number of hydrogen-bond acceptors (Lipinski definition) is 5. The van der Waals surface area contributed by atoms with Gasteiger partial charge in [0.05, 0.1) is 18.8 Å². The molecule has 6 heteroatoms. The smallest absolute Gasteiger partial charge is 0.251 e. The summed E-state index contributed by atoms with van der Waals surface area (Å²) in [6.07, 6.45) is 6.69. The Kier molecular flexibility index (Phi) is 5.71. The van der Waals surface area contributed by atoms with Crippen LogP contribution >= 0.6 is 0 Å². The van der Waals surface area contributed by atoms with Crippen LogP contribution in [0.25, 0.3) is 11.4 Å². The number of nitrogens with zero attached hydrogens (tertiary/aromatic N) is 3. The number of hydrogen-bond donors (Lipinski definition) is 1. The largest absolute Gasteiger partial charge is 0.496 e. The third-order valence-electron chi connectivity index (χ3n) is 5.46. The third-order valence-corrected chi connectivity index (χ3v) is 5.46. The summed E-state index contributed by atoms with van der Waals surface area (Å²) < 4.78 is 5.57. The zero-order valence-corrected chi connectivity index (χ0v) is 16.9. The van der Waals surface area contributed by atoms with Crippen molar-refractivity contribution in [3.63, 3.8) is 0 Å². The zero-order chi connectivity index (χ0) is 20.2. The van der Waals surface area contributed by atoms with Gasteiger partial charge < -0.3 is 9.72 Å². The Morgan fingerprint density at radius 2 is 2.14 bits per heavy atom. The van der Waals surface area contributed by atoms with Gasteiger partial charge in [-0.05, 0) is 44.5 Å². The van der Waals surface area contributed by atoms with Crippen LogP contribution in [0.1, 0.15) is 42.1 Å². The summed E-state index contributed by atoms with van der Waals surface area (Å²) in [7, 11) is 1.71. The van der Waals surface area contributed by atoms with E-state index in [0.29, 0.717) is 5.82 Å². The molecule has 1 N–H and O–H groups in total. The Morgan fingerprint density at radius 3 is 2.93 bits per heavy atom. The summed E-state index contributed by atoms with van der Waals surface area (Å²) >= 11 is 0. The topological polar surface area (TPSA) is 71.1 Å². The van der Waals surface area contributed by atoms with E-state index in [1.807, 2.05) is 18.2 Å². The maximum atomic E-state index is 12.4. The molecule has 29 heavy (non-hydrogen) atoms. The minimum Gasteiger partial charge on any atom is -0.496 e. The number of ether oxygens (including phenoxy) is 1. The number of pyridine rings is 1. The fraction of sp³-hybridized carbons (Fsp3) is 0.348. The number of nitrogens with one attached hydrogen (secondary N) is 1. The predicted molar refractivity (Wildman–Crippen MR) is 113 cm³/mol. The highest BCUT2D eigenvalue weighted by Crippen LogP contribution is 2.33. The van der Waals surface area contributed by atoms with E-state index in [-0.39, 0.29) is 11.6 Å². The second-order valence-corrected chi connectivity index (χ2v) is 7.56. The van der Waals surface area contributed by atoms with E-state index >= 15 is 0 Å². The molecule has 4 rings (SSSR count). The molecular weight excluding hydrogens is 364 g/mol. The van der Waals surface area contributed by atoms with Gasteiger partial charge in [0, 0.05) is 36.1 Å². The Hall–Kier alpha value is -2.99. The van der Waals surface area contributed by atoms with Crippen molar-refractivity contribution in [1.29, 1.82) is 0 Å². The summed E-state index contributed by atoms with van der Waals surface area (Å²) in [4.78, 5) is 26.6. The van der Waals surface area contributed by atoms with Crippen LogP contribution in [0, 0.1) is 6.92 Å². The minimum absolute atomic E-state index is 0.103. The first-order chi connectivity index (χ1) is 14.1. The first-order valence-corrected chi connectivity index (χ1v) is 10.0. The van der Waals surface area contributed by atoms with Crippen molar-refractivity contribution in [2.75, 3.05) is 13.7 Å². The van der Waals surface area contributed by atoms with E-state index in [2.05, 4.69) is 33.9 Å². The summed E-state index contributed by atoms with van der Waals surface area (Å²) in [5.74, 6) is 1.47. The summed E-state index contributed by atoms with van der Waals surface area (Å²) in [5.41, 5.74) is 3.87. The van der Waals surface area contributed by atoms with Gasteiger partial charge in [0.25, 0.3) is 5.56 Å². The lowest BCUT2D eigenvalue weighted by Gasteiger charge is -2.35. The van der Waals surface area contributed by atoms with Gasteiger partial charge in [0.2, 0.25) is 0 Å². The SMILES string of the molecule is COc1ccc(C)cc1CN1CCCC[C@@H]1c1cc(=O)[nH]c(-c2cccnc2)n1. The molecule has 1 aromatic carbocycles. The van der Waals surface area contributed by atoms with Crippen LogP contribution in [0.3, 0.4) is 0 Å². The van der Waals surface area contributed by atoms with Gasteiger partial charge in [-0.15, -0.1) is 0 Å². The third kappa shape index (κ3) is 4.38. The number of methoxy groups -OCH3 is 1. The van der Waals surface area contributed by atoms with Crippen LogP contribution in [-0.4, -0.2) is 33.5 Å². The average molecular weight is 390 g/mol. The predicted octanol–water partition coefficient (Wildman–Crippen LogP) is 3.88. The van der Waals surface area contributed by atoms with Crippen LogP contribution in [0.4, 0.5) is 0 Å². The van der Waals surface area contributed by atoms with Gasteiger partial charge in [-0.1, -0.05) is 24.1 Å². The molecule has 0 unspecified atom stereocenters. The normalized spacial score (nSPS) is 17.2. The molecule has 0 spiro atoms. The second-order valence-electron chi connectivity index (χ2n) is 7.56. The Morgan fingerprint density at radius 1 is 1.24 bits per heavy atom. The standard InChI is InChI=1S/C23H26N4O2/c1-16-8-9-21(29-2)18(12-16)15-27-11-4-3-7-20(27)19-13-22(28)26-23(25-19)17-6-5-10-24-14-17/h5-6,8-10,12-14,20H,3-4,7,11,15H2,1-2H3,(H,25,26,28)/t20-/m1/s1. The van der Waals surface area contributed by atoms with E-state index in [1.165, 1.54) is 5.56 Å². The number of aryl methyl sites for hydroxylation is 1. The van der Waals surface area contributed by atoms with Crippen molar-refractivity contribution in [2.45, 2.75) is 38.8 Å². The van der Waals surface area contributed by atoms with Crippen molar-refractivity contribution in [2.24, 2.45) is 0 Å². The van der Waals surface area contributed by atoms with Crippen molar-refractivity contribution in [1.82, 2.24) is 19.9 Å². The Labute approximate surface area is 170 Å². The van der Waals surface area contributed by atoms with Crippen molar-refractivity contribution < 1.29 is 4.74 Å². The van der Waals surface area contributed by atoms with Gasteiger partial charge in [0.1, 0.15) is 11.6 Å². The molecule has 2 aromatic heterocycles. The fourth-order valence-electron chi connectivity index (χ4n) is 4.05. The number of aromatic amines is 1. The molecule has 1 atom stereocenters. The molecular formula is C23H26N4O2. The molecule has 1 fully saturated rings. The maximum Gasteiger partial charge on any atom is 0.251 e. The van der Waals surface area contributed by atoms with Crippen LogP contribution in [0.15, 0.2) is 53.6 Å². The average Bonchev–Trinajstić information content (AvgIpc) is 2.74. The number of piperidine rings is 1. The molecule has 0 aliphatic carbocycles. The lowest BCUT2D eigenvalue weighted by Crippen LogP contribution is -2.34. The van der Waals surface area contributed by atoms with Crippen LogP contribution in [0.2, 0.25) is 0 Å². The molecule has 0 bridgehead atoms. The number of benzene rings is 1. The van der Waals surface area contributed by atoms with Crippen molar-refractivity contribution >= 4 is 0 Å². The van der Waals surface area contributed by atoms with Gasteiger partial charge in [-0.2, -0.15) is 0 Å². The van der Waals surface area contributed by atoms with Crippen LogP contribution < -0.4 is 10.3 Å². The van der Waals surface area contributed by atoms with Crippen LogP contribution in [0.5, 0.6) is 5.75 Å². The molecule has 1 saturated heterocycles. The molecule has 1 aliphatic heterocycles. The zero-order valence-electron chi connectivity index (χ0n) is 16.9. The lowest BCUT2D eigenvalue weighted by molar-refractivity contribution is 0.136.